The molecule has 0 aliphatic carbocycles. The van der Waals surface area contributed by atoms with Gasteiger partial charge in [-0.15, -0.1) is 0 Å². The summed E-state index contributed by atoms with van der Waals surface area (Å²) in [5, 5.41) is 13.5. The Morgan fingerprint density at radius 2 is 1.92 bits per heavy atom. The van der Waals surface area contributed by atoms with E-state index in [1.807, 2.05) is 6.92 Å². The van der Waals surface area contributed by atoms with E-state index >= 15 is 0 Å². The van der Waals surface area contributed by atoms with E-state index in [-0.39, 0.29) is 5.69 Å². The van der Waals surface area contributed by atoms with Crippen LogP contribution in [0.15, 0.2) is 42.5 Å². The molecule has 0 saturated heterocycles. The van der Waals surface area contributed by atoms with E-state index in [4.69, 9.17) is 4.74 Å². The van der Waals surface area contributed by atoms with Gasteiger partial charge in [-0.2, -0.15) is 0 Å². The first-order valence-electron chi connectivity index (χ1n) is 7.76. The van der Waals surface area contributed by atoms with Crippen LogP contribution in [0.5, 0.6) is 0 Å². The Labute approximate surface area is 144 Å². The van der Waals surface area contributed by atoms with Crippen LogP contribution in [0.3, 0.4) is 0 Å². The lowest BCUT2D eigenvalue weighted by Crippen LogP contribution is -2.13. The van der Waals surface area contributed by atoms with Crippen LogP contribution >= 0.6 is 0 Å². The van der Waals surface area contributed by atoms with Gasteiger partial charge in [-0.05, 0) is 43.7 Å². The van der Waals surface area contributed by atoms with Crippen LogP contribution in [-0.4, -0.2) is 23.4 Å². The lowest BCUT2D eigenvalue weighted by Gasteiger charge is -2.08. The SMILES string of the molecule is CCCOC(=O)c1cccc(NC(=O)c2ccc([N+](=O)[O-])c(C)c2)c1. The number of hydrogen-bond donors (Lipinski definition) is 1. The highest BCUT2D eigenvalue weighted by molar-refractivity contribution is 6.05. The predicted molar refractivity (Wildman–Crippen MR) is 92.8 cm³/mol. The molecule has 0 aliphatic rings. The fraction of sp³-hybridized carbons (Fsp3) is 0.222. The van der Waals surface area contributed by atoms with Crippen molar-refractivity contribution < 1.29 is 19.2 Å². The van der Waals surface area contributed by atoms with Crippen molar-refractivity contribution in [2.75, 3.05) is 11.9 Å². The molecule has 0 aliphatic heterocycles. The number of esters is 1. The molecular formula is C18H18N2O5. The Morgan fingerprint density at radius 1 is 1.16 bits per heavy atom. The molecule has 0 radical (unpaired) electrons. The predicted octanol–water partition coefficient (Wildman–Crippen LogP) is 3.72. The molecule has 0 spiro atoms. The summed E-state index contributed by atoms with van der Waals surface area (Å²) < 4.78 is 5.06. The van der Waals surface area contributed by atoms with Gasteiger partial charge >= 0.3 is 5.97 Å². The highest BCUT2D eigenvalue weighted by Crippen LogP contribution is 2.20. The number of nitrogens with zero attached hydrogens (tertiary/aromatic N) is 1. The van der Waals surface area contributed by atoms with Crippen molar-refractivity contribution in [1.82, 2.24) is 0 Å². The average molecular weight is 342 g/mol. The van der Waals surface area contributed by atoms with Crippen LogP contribution in [0, 0.1) is 17.0 Å². The molecule has 1 amide bonds. The van der Waals surface area contributed by atoms with Gasteiger partial charge < -0.3 is 10.1 Å². The summed E-state index contributed by atoms with van der Waals surface area (Å²) in [5.41, 5.74) is 1.42. The molecule has 0 aromatic heterocycles. The minimum Gasteiger partial charge on any atom is -0.462 e. The third-order valence-corrected chi connectivity index (χ3v) is 3.45. The number of amides is 1. The summed E-state index contributed by atoms with van der Waals surface area (Å²) in [7, 11) is 0. The van der Waals surface area contributed by atoms with E-state index in [0.29, 0.717) is 29.0 Å². The maximum atomic E-state index is 12.3. The standard InChI is InChI=1S/C18H18N2O5/c1-3-9-25-18(22)14-5-4-6-15(11-14)19-17(21)13-7-8-16(20(23)24)12(2)10-13/h4-8,10-11H,3,9H2,1-2H3,(H,19,21). The van der Waals surface area contributed by atoms with Crippen LogP contribution in [0.1, 0.15) is 39.6 Å². The van der Waals surface area contributed by atoms with Gasteiger partial charge in [-0.25, -0.2) is 4.79 Å². The smallest absolute Gasteiger partial charge is 0.338 e. The average Bonchev–Trinajstić information content (AvgIpc) is 2.59. The van der Waals surface area contributed by atoms with Crippen LogP contribution in [0.4, 0.5) is 11.4 Å². The molecule has 0 fully saturated rings. The van der Waals surface area contributed by atoms with Crippen LogP contribution < -0.4 is 5.32 Å². The number of carbonyl (C=O) groups is 2. The van der Waals surface area contributed by atoms with Gasteiger partial charge in [0.25, 0.3) is 11.6 Å². The van der Waals surface area contributed by atoms with Gasteiger partial charge in [-0.1, -0.05) is 13.0 Å². The number of aryl methyl sites for hydroxylation is 1. The lowest BCUT2D eigenvalue weighted by molar-refractivity contribution is -0.385. The van der Waals surface area contributed by atoms with E-state index in [2.05, 4.69) is 5.32 Å². The number of rotatable bonds is 6. The van der Waals surface area contributed by atoms with Gasteiger partial charge in [0, 0.05) is 22.9 Å². The molecule has 0 unspecified atom stereocenters. The maximum Gasteiger partial charge on any atom is 0.338 e. The molecule has 25 heavy (non-hydrogen) atoms. The second-order valence-corrected chi connectivity index (χ2v) is 5.43. The van der Waals surface area contributed by atoms with Crippen molar-refractivity contribution in [3.8, 4) is 0 Å². The van der Waals surface area contributed by atoms with Crippen molar-refractivity contribution >= 4 is 23.3 Å². The Hall–Kier alpha value is -3.22. The number of anilines is 1. The van der Waals surface area contributed by atoms with Gasteiger partial charge in [0.2, 0.25) is 0 Å². The van der Waals surface area contributed by atoms with Gasteiger partial charge in [0.1, 0.15) is 0 Å². The number of nitro benzene ring substituents is 1. The van der Waals surface area contributed by atoms with Crippen molar-refractivity contribution in [2.45, 2.75) is 20.3 Å². The number of carbonyl (C=O) groups excluding carboxylic acids is 2. The van der Waals surface area contributed by atoms with Crippen molar-refractivity contribution in [3.63, 3.8) is 0 Å². The first-order chi connectivity index (χ1) is 11.9. The highest BCUT2D eigenvalue weighted by atomic mass is 16.6. The first-order valence-corrected chi connectivity index (χ1v) is 7.76. The molecule has 0 bridgehead atoms. The van der Waals surface area contributed by atoms with Crippen molar-refractivity contribution in [2.24, 2.45) is 0 Å². The van der Waals surface area contributed by atoms with E-state index in [1.54, 1.807) is 25.1 Å². The van der Waals surface area contributed by atoms with E-state index < -0.39 is 16.8 Å². The summed E-state index contributed by atoms with van der Waals surface area (Å²) in [4.78, 5) is 34.5. The van der Waals surface area contributed by atoms with Crippen molar-refractivity contribution in [1.29, 1.82) is 0 Å². The van der Waals surface area contributed by atoms with E-state index in [1.165, 1.54) is 24.3 Å². The summed E-state index contributed by atoms with van der Waals surface area (Å²) in [6.07, 6.45) is 0.724. The third kappa shape index (κ3) is 4.63. The normalized spacial score (nSPS) is 10.2. The molecule has 0 heterocycles. The number of nitro groups is 1. The summed E-state index contributed by atoms with van der Waals surface area (Å²) in [6.45, 7) is 3.80. The Kier molecular flexibility index (Phi) is 5.84. The molecule has 2 rings (SSSR count). The molecule has 130 valence electrons. The topological polar surface area (TPSA) is 98.5 Å². The fourth-order valence-electron chi connectivity index (χ4n) is 2.21. The Morgan fingerprint density at radius 3 is 2.56 bits per heavy atom. The zero-order valence-corrected chi connectivity index (χ0v) is 13.9. The lowest BCUT2D eigenvalue weighted by atomic mass is 10.1. The summed E-state index contributed by atoms with van der Waals surface area (Å²) >= 11 is 0. The van der Waals surface area contributed by atoms with Gasteiger partial charge in [0.05, 0.1) is 17.1 Å². The number of hydrogen-bond acceptors (Lipinski definition) is 5. The zero-order chi connectivity index (χ0) is 18.4. The molecule has 7 nitrogen and oxygen atoms in total. The zero-order valence-electron chi connectivity index (χ0n) is 13.9. The van der Waals surface area contributed by atoms with E-state index in [0.717, 1.165) is 6.42 Å². The Balaban J connectivity index is 2.14. The van der Waals surface area contributed by atoms with Gasteiger partial charge in [-0.3, -0.25) is 14.9 Å². The number of benzene rings is 2. The third-order valence-electron chi connectivity index (χ3n) is 3.45. The molecule has 0 saturated carbocycles. The second-order valence-electron chi connectivity index (χ2n) is 5.43. The number of ether oxygens (including phenoxy) is 1. The second kappa shape index (κ2) is 8.05. The minimum absolute atomic E-state index is 0.0442. The molecular weight excluding hydrogens is 324 g/mol. The Bertz CT molecular complexity index is 817. The molecule has 0 atom stereocenters. The molecule has 7 heteroatoms. The van der Waals surface area contributed by atoms with Crippen molar-refractivity contribution in [3.05, 3.63) is 69.3 Å². The largest absolute Gasteiger partial charge is 0.462 e. The molecule has 2 aromatic carbocycles. The molecule has 1 N–H and O–H groups in total. The maximum absolute atomic E-state index is 12.3. The summed E-state index contributed by atoms with van der Waals surface area (Å²) in [6, 6.07) is 10.5. The van der Waals surface area contributed by atoms with Gasteiger partial charge in [0.15, 0.2) is 0 Å². The molecule has 2 aromatic rings. The minimum atomic E-state index is -0.498. The first kappa shape index (κ1) is 18.1. The van der Waals surface area contributed by atoms with Crippen LogP contribution in [0.25, 0.3) is 0 Å². The number of nitrogens with one attached hydrogen (secondary N) is 1. The van der Waals surface area contributed by atoms with Crippen LogP contribution in [0.2, 0.25) is 0 Å². The van der Waals surface area contributed by atoms with E-state index in [9.17, 15) is 19.7 Å². The quantitative estimate of drug-likeness (QED) is 0.490. The fourth-order valence-corrected chi connectivity index (χ4v) is 2.21. The van der Waals surface area contributed by atoms with Crippen LogP contribution in [-0.2, 0) is 4.74 Å². The monoisotopic (exact) mass is 342 g/mol. The highest BCUT2D eigenvalue weighted by Gasteiger charge is 2.14. The summed E-state index contributed by atoms with van der Waals surface area (Å²) in [5.74, 6) is -0.874.